The predicted molar refractivity (Wildman–Crippen MR) is 77.3 cm³/mol. The van der Waals surface area contributed by atoms with Gasteiger partial charge in [-0.1, -0.05) is 11.6 Å². The van der Waals surface area contributed by atoms with Gasteiger partial charge in [0.25, 0.3) is 5.91 Å². The van der Waals surface area contributed by atoms with Crippen LogP contribution in [0.3, 0.4) is 0 Å². The number of halogens is 1. The zero-order chi connectivity index (χ0) is 15.5. The summed E-state index contributed by atoms with van der Waals surface area (Å²) >= 11 is 5.98. The quantitative estimate of drug-likeness (QED) is 0.756. The summed E-state index contributed by atoms with van der Waals surface area (Å²) < 4.78 is 36.8. The van der Waals surface area contributed by atoms with Crippen LogP contribution in [0.15, 0.2) is 17.0 Å². The highest BCUT2D eigenvalue weighted by molar-refractivity contribution is 7.89. The molecule has 7 nitrogen and oxygen atoms in total. The van der Waals surface area contributed by atoms with Crippen LogP contribution < -0.4 is 14.8 Å². The molecule has 0 saturated carbocycles. The molecule has 1 aromatic carbocycles. The van der Waals surface area contributed by atoms with Gasteiger partial charge in [0.1, 0.15) is 10.6 Å². The number of methoxy groups -OCH3 is 1. The molecule has 2 rings (SSSR count). The Kier molecular flexibility index (Phi) is 5.04. The lowest BCUT2D eigenvalue weighted by Crippen LogP contribution is -2.28. The number of carbonyl (C=O) groups is 1. The minimum atomic E-state index is -3.75. The van der Waals surface area contributed by atoms with E-state index in [1.54, 1.807) is 7.11 Å². The van der Waals surface area contributed by atoms with Crippen LogP contribution in [-0.2, 0) is 19.6 Å². The van der Waals surface area contributed by atoms with Crippen LogP contribution in [0, 0.1) is 0 Å². The van der Waals surface area contributed by atoms with Crippen LogP contribution in [0.5, 0.6) is 5.75 Å². The molecule has 0 spiro atoms. The molecule has 21 heavy (non-hydrogen) atoms. The predicted octanol–water partition coefficient (Wildman–Crippen LogP) is 0.986. The summed E-state index contributed by atoms with van der Waals surface area (Å²) in [5.41, 5.74) is 0.356. The zero-order valence-electron chi connectivity index (χ0n) is 11.3. The van der Waals surface area contributed by atoms with Crippen molar-refractivity contribution in [2.45, 2.75) is 11.3 Å². The maximum atomic E-state index is 12.2. The van der Waals surface area contributed by atoms with Crippen molar-refractivity contribution in [3.8, 4) is 5.75 Å². The number of benzene rings is 1. The number of nitrogens with one attached hydrogen (secondary N) is 2. The molecule has 0 aliphatic carbocycles. The highest BCUT2D eigenvalue weighted by Crippen LogP contribution is 2.35. The molecule has 9 heteroatoms. The Bertz CT molecular complexity index is 647. The zero-order valence-corrected chi connectivity index (χ0v) is 12.9. The summed E-state index contributed by atoms with van der Waals surface area (Å²) in [5, 5.41) is 2.57. The Morgan fingerprint density at radius 2 is 2.24 bits per heavy atom. The first kappa shape index (κ1) is 16.0. The molecular weight excluding hydrogens is 320 g/mol. The number of fused-ring (bicyclic) bond motifs is 1. The fraction of sp³-hybridized carbons (Fsp3) is 0.417. The van der Waals surface area contributed by atoms with Gasteiger partial charge in [-0.3, -0.25) is 4.79 Å². The first-order valence-corrected chi connectivity index (χ1v) is 8.05. The van der Waals surface area contributed by atoms with Crippen LogP contribution in [-0.4, -0.2) is 41.2 Å². The van der Waals surface area contributed by atoms with E-state index in [4.69, 9.17) is 21.1 Å². The number of ether oxygens (including phenoxy) is 2. The molecule has 0 unspecified atom stereocenters. The third kappa shape index (κ3) is 3.85. The second-order valence-electron chi connectivity index (χ2n) is 4.36. The number of carbonyl (C=O) groups excluding carboxylic acids is 1. The molecule has 1 aromatic rings. The van der Waals surface area contributed by atoms with E-state index in [1.165, 1.54) is 12.1 Å². The maximum absolute atomic E-state index is 12.2. The van der Waals surface area contributed by atoms with Crippen molar-refractivity contribution in [1.82, 2.24) is 4.72 Å². The molecule has 116 valence electrons. The second-order valence-corrected chi connectivity index (χ2v) is 6.50. The van der Waals surface area contributed by atoms with Crippen LogP contribution in [0.2, 0.25) is 5.02 Å². The number of hydrogen-bond donors (Lipinski definition) is 2. The van der Waals surface area contributed by atoms with Crippen molar-refractivity contribution < 1.29 is 22.7 Å². The number of rotatable bonds is 6. The van der Waals surface area contributed by atoms with Crippen LogP contribution in [0.4, 0.5) is 5.69 Å². The van der Waals surface area contributed by atoms with Crippen LogP contribution >= 0.6 is 11.6 Å². The summed E-state index contributed by atoms with van der Waals surface area (Å²) in [4.78, 5) is 11.1. The largest absolute Gasteiger partial charge is 0.482 e. The van der Waals surface area contributed by atoms with E-state index >= 15 is 0 Å². The lowest BCUT2D eigenvalue weighted by atomic mass is 10.2. The van der Waals surface area contributed by atoms with Crippen molar-refractivity contribution in [1.29, 1.82) is 0 Å². The molecule has 0 atom stereocenters. The molecule has 2 N–H and O–H groups in total. The van der Waals surface area contributed by atoms with Gasteiger partial charge in [-0.2, -0.15) is 0 Å². The van der Waals surface area contributed by atoms with Gasteiger partial charge in [-0.05, 0) is 12.5 Å². The first-order chi connectivity index (χ1) is 9.94. The van der Waals surface area contributed by atoms with E-state index in [2.05, 4.69) is 10.0 Å². The highest BCUT2D eigenvalue weighted by atomic mass is 35.5. The number of sulfonamides is 1. The van der Waals surface area contributed by atoms with E-state index < -0.39 is 10.0 Å². The van der Waals surface area contributed by atoms with Gasteiger partial charge < -0.3 is 14.8 Å². The Balaban J connectivity index is 2.21. The van der Waals surface area contributed by atoms with E-state index in [0.717, 1.165) is 0 Å². The monoisotopic (exact) mass is 334 g/mol. The van der Waals surface area contributed by atoms with Crippen molar-refractivity contribution in [3.63, 3.8) is 0 Å². The fourth-order valence-electron chi connectivity index (χ4n) is 1.79. The summed E-state index contributed by atoms with van der Waals surface area (Å²) in [6.07, 6.45) is 0.546. The summed E-state index contributed by atoms with van der Waals surface area (Å²) in [6, 6.07) is 2.66. The van der Waals surface area contributed by atoms with E-state index in [1.807, 2.05) is 0 Å². The van der Waals surface area contributed by atoms with Crippen LogP contribution in [0.25, 0.3) is 0 Å². The number of hydrogen-bond acceptors (Lipinski definition) is 5. The van der Waals surface area contributed by atoms with Gasteiger partial charge in [0, 0.05) is 26.3 Å². The van der Waals surface area contributed by atoms with Crippen molar-refractivity contribution >= 4 is 33.2 Å². The topological polar surface area (TPSA) is 93.7 Å². The smallest absolute Gasteiger partial charge is 0.262 e. The molecule has 1 aliphatic rings. The highest BCUT2D eigenvalue weighted by Gasteiger charge is 2.24. The second kappa shape index (κ2) is 6.61. The lowest BCUT2D eigenvalue weighted by Gasteiger charge is -2.19. The summed E-state index contributed by atoms with van der Waals surface area (Å²) in [5.74, 6) is -0.0388. The summed E-state index contributed by atoms with van der Waals surface area (Å²) in [6.45, 7) is 0.534. The molecule has 0 radical (unpaired) electrons. The lowest BCUT2D eigenvalue weighted by molar-refractivity contribution is -0.118. The Hall–Kier alpha value is -1.35. The van der Waals surface area contributed by atoms with E-state index in [-0.39, 0.29) is 34.7 Å². The summed E-state index contributed by atoms with van der Waals surface area (Å²) in [7, 11) is -2.21. The average Bonchev–Trinajstić information content (AvgIpc) is 2.42. The molecule has 1 amide bonds. The molecular formula is C12H15ClN2O5S. The molecule has 0 fully saturated rings. The molecule has 0 aromatic heterocycles. The molecule has 0 saturated heterocycles. The SMILES string of the molecule is COCCCNS(=O)(=O)c1cc2c(cc1Cl)NC(=O)CO2. The normalized spacial score (nSPS) is 14.3. The van der Waals surface area contributed by atoms with E-state index in [9.17, 15) is 13.2 Å². The van der Waals surface area contributed by atoms with Crippen LogP contribution in [0.1, 0.15) is 6.42 Å². The van der Waals surface area contributed by atoms with E-state index in [0.29, 0.717) is 18.7 Å². The third-order valence-corrected chi connectivity index (χ3v) is 4.70. The third-order valence-electron chi connectivity index (χ3n) is 2.77. The van der Waals surface area contributed by atoms with Gasteiger partial charge >= 0.3 is 0 Å². The first-order valence-electron chi connectivity index (χ1n) is 6.19. The minimum Gasteiger partial charge on any atom is -0.482 e. The number of anilines is 1. The maximum Gasteiger partial charge on any atom is 0.262 e. The van der Waals surface area contributed by atoms with Gasteiger partial charge in [-0.15, -0.1) is 0 Å². The van der Waals surface area contributed by atoms with Crippen molar-refractivity contribution in [2.24, 2.45) is 0 Å². The standard InChI is InChI=1S/C12H15ClN2O5S/c1-19-4-2-3-14-21(17,18)11-6-10-9(5-8(11)13)15-12(16)7-20-10/h5-6,14H,2-4,7H2,1H3,(H,15,16). The average molecular weight is 335 g/mol. The molecule has 1 heterocycles. The Morgan fingerprint density at radius 1 is 1.48 bits per heavy atom. The molecule has 0 bridgehead atoms. The van der Waals surface area contributed by atoms with Gasteiger partial charge in [0.05, 0.1) is 10.7 Å². The number of amides is 1. The van der Waals surface area contributed by atoms with Crippen molar-refractivity contribution in [2.75, 3.05) is 32.2 Å². The fourth-order valence-corrected chi connectivity index (χ4v) is 3.40. The van der Waals surface area contributed by atoms with Crippen molar-refractivity contribution in [3.05, 3.63) is 17.2 Å². The minimum absolute atomic E-state index is 0.0128. The van der Waals surface area contributed by atoms with Gasteiger partial charge in [0.15, 0.2) is 6.61 Å². The van der Waals surface area contributed by atoms with Gasteiger partial charge in [-0.25, -0.2) is 13.1 Å². The Morgan fingerprint density at radius 3 is 2.95 bits per heavy atom. The molecule has 1 aliphatic heterocycles. The van der Waals surface area contributed by atoms with Gasteiger partial charge in [0.2, 0.25) is 10.0 Å². The Labute approximate surface area is 127 Å².